The molecule has 0 radical (unpaired) electrons. The first kappa shape index (κ1) is 14.5. The Kier molecular flexibility index (Phi) is 4.39. The lowest BCUT2D eigenvalue weighted by Crippen LogP contribution is -2.06. The highest BCUT2D eigenvalue weighted by atomic mass is 32.2. The Morgan fingerprint density at radius 3 is 2.70 bits per heavy atom. The van der Waals surface area contributed by atoms with E-state index in [2.05, 4.69) is 4.98 Å². The number of nitrogens with zero attached hydrogens (tertiary/aromatic N) is 1. The molecule has 0 aliphatic heterocycles. The Labute approximate surface area is 121 Å². The number of rotatable bonds is 4. The van der Waals surface area contributed by atoms with Gasteiger partial charge in [-0.15, -0.1) is 0 Å². The molecule has 0 bridgehead atoms. The van der Waals surface area contributed by atoms with E-state index in [1.54, 1.807) is 19.4 Å². The van der Waals surface area contributed by atoms with Crippen LogP contribution in [0.25, 0.3) is 0 Å². The van der Waals surface area contributed by atoms with E-state index in [1.165, 1.54) is 0 Å². The van der Waals surface area contributed by atoms with Gasteiger partial charge in [-0.3, -0.25) is 9.19 Å². The molecular weight excluding hydrogens is 272 g/mol. The first-order chi connectivity index (χ1) is 9.54. The van der Waals surface area contributed by atoms with Crippen LogP contribution in [0.4, 0.5) is 5.69 Å². The van der Waals surface area contributed by atoms with E-state index in [-0.39, 0.29) is 0 Å². The molecule has 2 aromatic rings. The van der Waals surface area contributed by atoms with Gasteiger partial charge >= 0.3 is 0 Å². The summed E-state index contributed by atoms with van der Waals surface area (Å²) >= 11 is 0. The summed E-state index contributed by atoms with van der Waals surface area (Å²) < 4.78 is 17.7. The molecule has 0 amide bonds. The standard InChI is InChI=1S/C15H18N2O2S/c1-10-8-17-12(11(2)15(10)16)9-20(18)14-7-5-4-6-13(14)19-3/h4-8H,9H2,1-3H3,(H2,16,17). The third kappa shape index (κ3) is 2.82. The first-order valence-corrected chi connectivity index (χ1v) is 7.58. The van der Waals surface area contributed by atoms with Gasteiger partial charge in [0.05, 0.1) is 34.3 Å². The SMILES string of the molecule is COc1ccccc1S(=O)Cc1ncc(C)c(N)c1C. The second-order valence-corrected chi connectivity index (χ2v) is 5.99. The Morgan fingerprint density at radius 2 is 2.00 bits per heavy atom. The van der Waals surface area contributed by atoms with Crippen LogP contribution < -0.4 is 10.5 Å². The summed E-state index contributed by atoms with van der Waals surface area (Å²) in [5.74, 6) is 0.958. The molecule has 0 fully saturated rings. The smallest absolute Gasteiger partial charge is 0.134 e. The van der Waals surface area contributed by atoms with Gasteiger partial charge in [0.25, 0.3) is 0 Å². The van der Waals surface area contributed by atoms with Crippen molar-refractivity contribution < 1.29 is 8.95 Å². The number of aromatic nitrogens is 1. The summed E-state index contributed by atoms with van der Waals surface area (Å²) in [6, 6.07) is 7.31. The van der Waals surface area contributed by atoms with Gasteiger partial charge in [-0.2, -0.15) is 0 Å². The fourth-order valence-corrected chi connectivity index (χ4v) is 3.25. The van der Waals surface area contributed by atoms with Crippen molar-refractivity contribution in [3.05, 3.63) is 47.3 Å². The predicted octanol–water partition coefficient (Wildman–Crippen LogP) is 2.60. The molecule has 0 spiro atoms. The normalized spacial score (nSPS) is 12.2. The number of hydrogen-bond donors (Lipinski definition) is 1. The molecule has 1 heterocycles. The van der Waals surface area contributed by atoms with Crippen LogP contribution in [0, 0.1) is 13.8 Å². The average molecular weight is 290 g/mol. The van der Waals surface area contributed by atoms with E-state index in [9.17, 15) is 4.21 Å². The van der Waals surface area contributed by atoms with Crippen LogP contribution in [0.1, 0.15) is 16.8 Å². The van der Waals surface area contributed by atoms with E-state index >= 15 is 0 Å². The minimum absolute atomic E-state index is 0.330. The quantitative estimate of drug-likeness (QED) is 0.940. The summed E-state index contributed by atoms with van der Waals surface area (Å²) in [6.07, 6.45) is 1.72. The predicted molar refractivity (Wildman–Crippen MR) is 81.2 cm³/mol. The molecule has 1 unspecified atom stereocenters. The Hall–Kier alpha value is -1.88. The van der Waals surface area contributed by atoms with E-state index in [4.69, 9.17) is 10.5 Å². The number of nitrogen functional groups attached to an aromatic ring is 1. The van der Waals surface area contributed by atoms with Gasteiger partial charge in [0.2, 0.25) is 0 Å². The van der Waals surface area contributed by atoms with Gasteiger partial charge in [-0.05, 0) is 37.1 Å². The third-order valence-electron chi connectivity index (χ3n) is 3.26. The molecule has 0 aliphatic rings. The second-order valence-electron chi connectivity index (χ2n) is 4.57. The summed E-state index contributed by atoms with van der Waals surface area (Å²) in [6.45, 7) is 3.82. The van der Waals surface area contributed by atoms with Crippen LogP contribution in [0.5, 0.6) is 5.75 Å². The number of nitrogens with two attached hydrogens (primary N) is 1. The molecule has 1 aromatic carbocycles. The molecule has 20 heavy (non-hydrogen) atoms. The van der Waals surface area contributed by atoms with Crippen molar-refractivity contribution in [2.45, 2.75) is 24.5 Å². The van der Waals surface area contributed by atoms with Crippen molar-refractivity contribution in [2.24, 2.45) is 0 Å². The molecule has 1 aromatic heterocycles. The van der Waals surface area contributed by atoms with Crippen molar-refractivity contribution in [3.63, 3.8) is 0 Å². The van der Waals surface area contributed by atoms with E-state index in [0.29, 0.717) is 22.1 Å². The maximum absolute atomic E-state index is 12.5. The van der Waals surface area contributed by atoms with Crippen LogP contribution in [0.2, 0.25) is 0 Å². The maximum atomic E-state index is 12.5. The maximum Gasteiger partial charge on any atom is 0.134 e. The zero-order valence-electron chi connectivity index (χ0n) is 11.8. The van der Waals surface area contributed by atoms with Crippen LogP contribution >= 0.6 is 0 Å². The number of ether oxygens (including phenoxy) is 1. The van der Waals surface area contributed by atoms with Gasteiger partial charge in [-0.1, -0.05) is 12.1 Å². The van der Waals surface area contributed by atoms with Crippen molar-refractivity contribution in [2.75, 3.05) is 12.8 Å². The van der Waals surface area contributed by atoms with Crippen molar-refractivity contribution in [1.29, 1.82) is 0 Å². The number of methoxy groups -OCH3 is 1. The highest BCUT2D eigenvalue weighted by Gasteiger charge is 2.14. The molecule has 2 rings (SSSR count). The van der Waals surface area contributed by atoms with E-state index in [1.807, 2.05) is 32.0 Å². The Balaban J connectivity index is 2.31. The van der Waals surface area contributed by atoms with Crippen LogP contribution in [-0.2, 0) is 16.6 Å². The number of para-hydroxylation sites is 1. The molecule has 2 N–H and O–H groups in total. The van der Waals surface area contributed by atoms with Crippen molar-refractivity contribution in [1.82, 2.24) is 4.98 Å². The minimum atomic E-state index is -1.21. The number of benzene rings is 1. The highest BCUT2D eigenvalue weighted by molar-refractivity contribution is 7.84. The number of hydrogen-bond acceptors (Lipinski definition) is 4. The van der Waals surface area contributed by atoms with E-state index < -0.39 is 10.8 Å². The Bertz CT molecular complexity index is 656. The molecular formula is C15H18N2O2S. The van der Waals surface area contributed by atoms with Crippen LogP contribution in [-0.4, -0.2) is 16.3 Å². The summed E-state index contributed by atoms with van der Waals surface area (Å²) in [7, 11) is 0.359. The van der Waals surface area contributed by atoms with Gasteiger partial charge in [0, 0.05) is 11.9 Å². The molecule has 4 nitrogen and oxygen atoms in total. The number of anilines is 1. The second kappa shape index (κ2) is 6.05. The fourth-order valence-electron chi connectivity index (χ4n) is 1.95. The average Bonchev–Trinajstić information content (AvgIpc) is 2.47. The fraction of sp³-hybridized carbons (Fsp3) is 0.267. The first-order valence-electron chi connectivity index (χ1n) is 6.26. The van der Waals surface area contributed by atoms with Gasteiger partial charge in [-0.25, -0.2) is 0 Å². The van der Waals surface area contributed by atoms with Gasteiger partial charge < -0.3 is 10.5 Å². The zero-order chi connectivity index (χ0) is 14.7. The van der Waals surface area contributed by atoms with Crippen molar-refractivity contribution in [3.8, 4) is 5.75 Å². The summed E-state index contributed by atoms with van der Waals surface area (Å²) in [5.41, 5.74) is 9.30. The molecule has 0 saturated heterocycles. The van der Waals surface area contributed by atoms with Crippen LogP contribution in [0.3, 0.4) is 0 Å². The van der Waals surface area contributed by atoms with E-state index in [0.717, 1.165) is 16.8 Å². The number of pyridine rings is 1. The lowest BCUT2D eigenvalue weighted by molar-refractivity contribution is 0.404. The zero-order valence-corrected chi connectivity index (χ0v) is 12.7. The summed E-state index contributed by atoms with van der Waals surface area (Å²) in [4.78, 5) is 5.02. The Morgan fingerprint density at radius 1 is 1.30 bits per heavy atom. The van der Waals surface area contributed by atoms with Gasteiger partial charge in [0.1, 0.15) is 5.75 Å². The van der Waals surface area contributed by atoms with Crippen molar-refractivity contribution >= 4 is 16.5 Å². The molecule has 1 atom stereocenters. The van der Waals surface area contributed by atoms with Gasteiger partial charge in [0.15, 0.2) is 0 Å². The highest BCUT2D eigenvalue weighted by Crippen LogP contribution is 2.25. The lowest BCUT2D eigenvalue weighted by atomic mass is 10.1. The largest absolute Gasteiger partial charge is 0.495 e. The molecule has 0 saturated carbocycles. The molecule has 5 heteroatoms. The number of aryl methyl sites for hydroxylation is 1. The summed E-state index contributed by atoms with van der Waals surface area (Å²) in [5, 5.41) is 0. The minimum Gasteiger partial charge on any atom is -0.495 e. The lowest BCUT2D eigenvalue weighted by Gasteiger charge is -2.11. The monoisotopic (exact) mass is 290 g/mol. The third-order valence-corrected chi connectivity index (χ3v) is 4.62. The molecule has 0 aliphatic carbocycles. The topological polar surface area (TPSA) is 65.2 Å². The van der Waals surface area contributed by atoms with Crippen LogP contribution in [0.15, 0.2) is 35.4 Å². The molecule has 106 valence electrons.